The van der Waals surface area contributed by atoms with Crippen molar-refractivity contribution in [3.63, 3.8) is 0 Å². The molecule has 0 aliphatic rings. The summed E-state index contributed by atoms with van der Waals surface area (Å²) in [5.41, 5.74) is 1.17. The van der Waals surface area contributed by atoms with E-state index in [1.54, 1.807) is 0 Å². The third-order valence-corrected chi connectivity index (χ3v) is 3.69. The molecular weight excluding hydrogens is 224 g/mol. The average Bonchev–Trinajstić information content (AvgIpc) is 2.14. The van der Waals surface area contributed by atoms with Gasteiger partial charge in [0.05, 0.1) is 6.26 Å². The van der Waals surface area contributed by atoms with Crippen LogP contribution < -0.4 is 5.32 Å². The molecule has 0 saturated carbocycles. The topological polar surface area (TPSA) is 49.4 Å². The molecule has 0 aromatic heterocycles. The number of nitrogens with zero attached hydrogens (tertiary/aromatic N) is 1. The Labute approximate surface area is 99.8 Å². The third kappa shape index (κ3) is 7.84. The van der Waals surface area contributed by atoms with Crippen LogP contribution in [0.3, 0.4) is 0 Å². The summed E-state index contributed by atoms with van der Waals surface area (Å²) in [6.45, 7) is 10.6. The van der Waals surface area contributed by atoms with Gasteiger partial charge in [-0.05, 0) is 32.9 Å². The zero-order chi connectivity index (χ0) is 12.6. The molecule has 16 heavy (non-hydrogen) atoms. The molecule has 0 rings (SSSR count). The Morgan fingerprint density at radius 1 is 1.38 bits per heavy atom. The molecule has 0 bridgehead atoms. The SMILES string of the molecule is C=C(C)CCNCCCN(CC)S(C)(=O)=O. The highest BCUT2D eigenvalue weighted by Crippen LogP contribution is 1.98. The van der Waals surface area contributed by atoms with Gasteiger partial charge in [0, 0.05) is 13.1 Å². The van der Waals surface area contributed by atoms with E-state index in [9.17, 15) is 8.42 Å². The van der Waals surface area contributed by atoms with Gasteiger partial charge in [-0.2, -0.15) is 0 Å². The molecule has 0 fully saturated rings. The lowest BCUT2D eigenvalue weighted by molar-refractivity contribution is 0.419. The van der Waals surface area contributed by atoms with Crippen LogP contribution in [0, 0.1) is 0 Å². The van der Waals surface area contributed by atoms with Crippen LogP contribution in [0.4, 0.5) is 0 Å². The van der Waals surface area contributed by atoms with Gasteiger partial charge in [-0.15, -0.1) is 6.58 Å². The largest absolute Gasteiger partial charge is 0.316 e. The molecule has 0 aliphatic carbocycles. The predicted molar refractivity (Wildman–Crippen MR) is 69.0 cm³/mol. The normalized spacial score (nSPS) is 12.0. The molecule has 4 nitrogen and oxygen atoms in total. The molecule has 0 spiro atoms. The van der Waals surface area contributed by atoms with Gasteiger partial charge >= 0.3 is 0 Å². The minimum atomic E-state index is -3.03. The number of sulfonamides is 1. The van der Waals surface area contributed by atoms with Crippen molar-refractivity contribution in [3.8, 4) is 0 Å². The lowest BCUT2D eigenvalue weighted by atomic mass is 10.2. The van der Waals surface area contributed by atoms with Gasteiger partial charge in [0.25, 0.3) is 0 Å². The molecular formula is C11H24N2O2S. The van der Waals surface area contributed by atoms with E-state index in [0.717, 1.165) is 25.9 Å². The standard InChI is InChI=1S/C11H24N2O2S/c1-5-13(16(4,14)15)10-6-8-12-9-7-11(2)3/h12H,2,5-10H2,1,3-4H3. The van der Waals surface area contributed by atoms with E-state index < -0.39 is 10.0 Å². The second kappa shape index (κ2) is 7.81. The van der Waals surface area contributed by atoms with Crippen LogP contribution in [0.15, 0.2) is 12.2 Å². The molecule has 0 amide bonds. The molecule has 5 heteroatoms. The van der Waals surface area contributed by atoms with Crippen molar-refractivity contribution in [2.75, 3.05) is 32.4 Å². The van der Waals surface area contributed by atoms with Crippen molar-refractivity contribution in [1.82, 2.24) is 9.62 Å². The fourth-order valence-corrected chi connectivity index (χ4v) is 2.30. The molecule has 0 aromatic rings. The summed E-state index contributed by atoms with van der Waals surface area (Å²) in [7, 11) is -3.03. The second-order valence-electron chi connectivity index (χ2n) is 4.07. The summed E-state index contributed by atoms with van der Waals surface area (Å²) in [6, 6.07) is 0. The van der Waals surface area contributed by atoms with E-state index in [2.05, 4.69) is 11.9 Å². The summed E-state index contributed by atoms with van der Waals surface area (Å²) in [5.74, 6) is 0. The second-order valence-corrected chi connectivity index (χ2v) is 6.05. The monoisotopic (exact) mass is 248 g/mol. The Hall–Kier alpha value is -0.390. The van der Waals surface area contributed by atoms with E-state index in [1.807, 2.05) is 13.8 Å². The third-order valence-electron chi connectivity index (χ3n) is 2.31. The minimum absolute atomic E-state index is 0.546. The number of hydrogen-bond acceptors (Lipinski definition) is 3. The fourth-order valence-electron chi connectivity index (χ4n) is 1.37. The highest BCUT2D eigenvalue weighted by atomic mass is 32.2. The molecule has 0 saturated heterocycles. The molecule has 0 atom stereocenters. The van der Waals surface area contributed by atoms with Crippen molar-refractivity contribution in [1.29, 1.82) is 0 Å². The Balaban J connectivity index is 3.61. The van der Waals surface area contributed by atoms with Gasteiger partial charge < -0.3 is 5.32 Å². The van der Waals surface area contributed by atoms with Crippen molar-refractivity contribution in [2.45, 2.75) is 26.7 Å². The van der Waals surface area contributed by atoms with Crippen LogP contribution in [0.25, 0.3) is 0 Å². The Morgan fingerprint density at radius 3 is 2.44 bits per heavy atom. The zero-order valence-electron chi connectivity index (χ0n) is 10.6. The van der Waals surface area contributed by atoms with Crippen molar-refractivity contribution in [2.24, 2.45) is 0 Å². The molecule has 0 radical (unpaired) electrons. The Bertz CT molecular complexity index is 299. The van der Waals surface area contributed by atoms with Crippen molar-refractivity contribution in [3.05, 3.63) is 12.2 Å². The predicted octanol–water partition coefficient (Wildman–Crippen LogP) is 1.21. The molecule has 0 heterocycles. The van der Waals surface area contributed by atoms with Crippen LogP contribution >= 0.6 is 0 Å². The van der Waals surface area contributed by atoms with Gasteiger partial charge in [-0.3, -0.25) is 0 Å². The summed E-state index contributed by atoms with van der Waals surface area (Å²) >= 11 is 0. The summed E-state index contributed by atoms with van der Waals surface area (Å²) in [4.78, 5) is 0. The maximum absolute atomic E-state index is 11.3. The Morgan fingerprint density at radius 2 is 2.00 bits per heavy atom. The van der Waals surface area contributed by atoms with Gasteiger partial charge in [-0.25, -0.2) is 12.7 Å². The zero-order valence-corrected chi connectivity index (χ0v) is 11.4. The van der Waals surface area contributed by atoms with Crippen LogP contribution in [0.1, 0.15) is 26.7 Å². The maximum atomic E-state index is 11.3. The first kappa shape index (κ1) is 15.6. The number of nitrogens with one attached hydrogen (secondary N) is 1. The van der Waals surface area contributed by atoms with Crippen LogP contribution in [0.2, 0.25) is 0 Å². The first-order valence-corrected chi connectivity index (χ1v) is 7.53. The van der Waals surface area contributed by atoms with E-state index in [1.165, 1.54) is 16.1 Å². The molecule has 0 aromatic carbocycles. The number of rotatable bonds is 9. The summed E-state index contributed by atoms with van der Waals surface area (Å²) < 4.78 is 24.0. The van der Waals surface area contributed by atoms with E-state index >= 15 is 0 Å². The lowest BCUT2D eigenvalue weighted by Gasteiger charge is -2.17. The van der Waals surface area contributed by atoms with Crippen LogP contribution in [-0.4, -0.2) is 45.2 Å². The smallest absolute Gasteiger partial charge is 0.211 e. The van der Waals surface area contributed by atoms with E-state index in [4.69, 9.17) is 0 Å². The molecule has 96 valence electrons. The quantitative estimate of drug-likeness (QED) is 0.493. The molecule has 0 aliphatic heterocycles. The van der Waals surface area contributed by atoms with Gasteiger partial charge in [0.2, 0.25) is 10.0 Å². The highest BCUT2D eigenvalue weighted by molar-refractivity contribution is 7.88. The summed E-state index contributed by atoms with van der Waals surface area (Å²) in [6.07, 6.45) is 3.08. The highest BCUT2D eigenvalue weighted by Gasteiger charge is 2.12. The van der Waals surface area contributed by atoms with Gasteiger partial charge in [0.1, 0.15) is 0 Å². The van der Waals surface area contributed by atoms with E-state index in [-0.39, 0.29) is 0 Å². The first-order valence-electron chi connectivity index (χ1n) is 5.68. The van der Waals surface area contributed by atoms with E-state index in [0.29, 0.717) is 13.1 Å². The summed E-state index contributed by atoms with van der Waals surface area (Å²) in [5, 5.41) is 3.27. The van der Waals surface area contributed by atoms with Crippen LogP contribution in [0.5, 0.6) is 0 Å². The lowest BCUT2D eigenvalue weighted by Crippen LogP contribution is -2.32. The van der Waals surface area contributed by atoms with Gasteiger partial charge in [-0.1, -0.05) is 12.5 Å². The fraction of sp³-hybridized carbons (Fsp3) is 0.818. The van der Waals surface area contributed by atoms with Crippen molar-refractivity contribution >= 4 is 10.0 Å². The maximum Gasteiger partial charge on any atom is 0.211 e. The average molecular weight is 248 g/mol. The van der Waals surface area contributed by atoms with Gasteiger partial charge in [0.15, 0.2) is 0 Å². The van der Waals surface area contributed by atoms with Crippen molar-refractivity contribution < 1.29 is 8.42 Å². The molecule has 0 unspecified atom stereocenters. The minimum Gasteiger partial charge on any atom is -0.316 e. The number of hydrogen-bond donors (Lipinski definition) is 1. The first-order chi connectivity index (χ1) is 7.38. The Kier molecular flexibility index (Phi) is 7.62. The van der Waals surface area contributed by atoms with Crippen LogP contribution in [-0.2, 0) is 10.0 Å². The molecule has 1 N–H and O–H groups in total.